The molecule has 0 aromatic heterocycles. The molecule has 0 unspecified atom stereocenters. The van der Waals surface area contributed by atoms with Crippen molar-refractivity contribution in [1.82, 2.24) is 0 Å². The molecule has 0 fully saturated rings. The Morgan fingerprint density at radius 1 is 0.958 bits per heavy atom. The molecule has 0 radical (unpaired) electrons. The van der Waals surface area contributed by atoms with E-state index < -0.39 is 0 Å². The molecule has 3 aromatic rings. The molecule has 3 aromatic carbocycles. The Hall–Kier alpha value is -2.87. The largest absolute Gasteiger partial charge is 0.493 e. The summed E-state index contributed by atoms with van der Waals surface area (Å²) in [5.41, 5.74) is 1.61. The van der Waals surface area contributed by atoms with Crippen LogP contribution in [0.5, 0.6) is 5.75 Å². The van der Waals surface area contributed by atoms with Crippen molar-refractivity contribution >= 4 is 22.6 Å². The molecule has 0 aliphatic carbocycles. The second kappa shape index (κ2) is 7.60. The summed E-state index contributed by atoms with van der Waals surface area (Å²) in [5.74, 6) is 0.599. The first-order valence-corrected chi connectivity index (χ1v) is 8.21. The number of ether oxygens (including phenoxy) is 1. The Morgan fingerprint density at radius 2 is 1.71 bits per heavy atom. The Balaban J connectivity index is 1.81. The van der Waals surface area contributed by atoms with Crippen molar-refractivity contribution < 1.29 is 9.53 Å². The zero-order valence-corrected chi connectivity index (χ0v) is 13.7. The molecule has 0 N–H and O–H groups in total. The first-order chi connectivity index (χ1) is 11.8. The van der Waals surface area contributed by atoms with E-state index in [2.05, 4.69) is 24.3 Å². The van der Waals surface area contributed by atoms with Gasteiger partial charge in [0.2, 0.25) is 0 Å². The predicted octanol–water partition coefficient (Wildman–Crippen LogP) is 5.52. The minimum Gasteiger partial charge on any atom is -0.493 e. The molecule has 0 aliphatic rings. The van der Waals surface area contributed by atoms with E-state index in [0.29, 0.717) is 17.9 Å². The van der Waals surface area contributed by atoms with Gasteiger partial charge in [0, 0.05) is 0 Å². The van der Waals surface area contributed by atoms with Gasteiger partial charge in [-0.1, -0.05) is 61.5 Å². The standard InChI is InChI=1S/C22H20O2/c1-2-15-24-22-10-6-5-9-20(22)21(23)14-12-17-11-13-18-7-3-4-8-19(18)16-17/h3-14,16H,2,15H2,1H3/b14-12+. The molecule has 0 aliphatic heterocycles. The SMILES string of the molecule is CCCOc1ccccc1C(=O)/C=C/c1ccc2ccccc2c1. The van der Waals surface area contributed by atoms with Crippen LogP contribution in [0.25, 0.3) is 16.8 Å². The molecular formula is C22H20O2. The van der Waals surface area contributed by atoms with Gasteiger partial charge >= 0.3 is 0 Å². The van der Waals surface area contributed by atoms with Crippen LogP contribution >= 0.6 is 0 Å². The molecule has 0 atom stereocenters. The van der Waals surface area contributed by atoms with Gasteiger partial charge in [0.1, 0.15) is 5.75 Å². The normalized spacial score (nSPS) is 11.0. The molecule has 120 valence electrons. The third-order valence-electron chi connectivity index (χ3n) is 3.81. The second-order valence-electron chi connectivity index (χ2n) is 5.65. The maximum Gasteiger partial charge on any atom is 0.189 e. The fourth-order valence-corrected chi connectivity index (χ4v) is 2.58. The van der Waals surface area contributed by atoms with E-state index in [4.69, 9.17) is 4.74 Å². The van der Waals surface area contributed by atoms with Crippen molar-refractivity contribution in [3.8, 4) is 5.75 Å². The maximum absolute atomic E-state index is 12.5. The lowest BCUT2D eigenvalue weighted by atomic mass is 10.0. The molecular weight excluding hydrogens is 296 g/mol. The number of ketones is 1. The summed E-state index contributed by atoms with van der Waals surface area (Å²) in [5, 5.41) is 2.36. The van der Waals surface area contributed by atoms with Gasteiger partial charge in [0.15, 0.2) is 5.78 Å². The Morgan fingerprint density at radius 3 is 2.54 bits per heavy atom. The number of rotatable bonds is 6. The highest BCUT2D eigenvalue weighted by Crippen LogP contribution is 2.20. The first kappa shape index (κ1) is 16.0. The van der Waals surface area contributed by atoms with Crippen LogP contribution in [0.2, 0.25) is 0 Å². The average molecular weight is 316 g/mol. The Labute approximate surface area is 142 Å². The van der Waals surface area contributed by atoms with Gasteiger partial charge in [-0.05, 0) is 47.0 Å². The highest BCUT2D eigenvalue weighted by molar-refractivity contribution is 6.08. The van der Waals surface area contributed by atoms with Crippen LogP contribution in [-0.2, 0) is 0 Å². The lowest BCUT2D eigenvalue weighted by molar-refractivity contribution is 0.104. The zero-order valence-electron chi connectivity index (χ0n) is 13.7. The Kier molecular flexibility index (Phi) is 5.07. The monoisotopic (exact) mass is 316 g/mol. The quantitative estimate of drug-likeness (QED) is 0.442. The number of para-hydroxylation sites is 1. The molecule has 0 bridgehead atoms. The van der Waals surface area contributed by atoms with E-state index in [9.17, 15) is 4.79 Å². The van der Waals surface area contributed by atoms with Crippen molar-refractivity contribution in [2.45, 2.75) is 13.3 Å². The smallest absolute Gasteiger partial charge is 0.189 e. The van der Waals surface area contributed by atoms with Crippen molar-refractivity contribution in [3.05, 3.63) is 83.9 Å². The molecule has 24 heavy (non-hydrogen) atoms. The number of fused-ring (bicyclic) bond motifs is 1. The highest BCUT2D eigenvalue weighted by Gasteiger charge is 2.09. The minimum atomic E-state index is -0.0464. The molecule has 0 heterocycles. The number of carbonyl (C=O) groups is 1. The Bertz CT molecular complexity index is 878. The fraction of sp³-hybridized carbons (Fsp3) is 0.136. The van der Waals surface area contributed by atoms with Crippen LogP contribution in [0.4, 0.5) is 0 Å². The average Bonchev–Trinajstić information content (AvgIpc) is 2.64. The summed E-state index contributed by atoms with van der Waals surface area (Å²) in [4.78, 5) is 12.5. The van der Waals surface area contributed by atoms with E-state index >= 15 is 0 Å². The highest BCUT2D eigenvalue weighted by atomic mass is 16.5. The molecule has 3 rings (SSSR count). The summed E-state index contributed by atoms with van der Waals surface area (Å²) in [6.07, 6.45) is 4.37. The second-order valence-corrected chi connectivity index (χ2v) is 5.65. The molecule has 2 nitrogen and oxygen atoms in total. The maximum atomic E-state index is 12.5. The molecule has 2 heteroatoms. The summed E-state index contributed by atoms with van der Waals surface area (Å²) in [6.45, 7) is 2.66. The van der Waals surface area contributed by atoms with Crippen molar-refractivity contribution in [1.29, 1.82) is 0 Å². The van der Waals surface area contributed by atoms with E-state index in [0.717, 1.165) is 12.0 Å². The molecule has 0 amide bonds. The summed E-state index contributed by atoms with van der Waals surface area (Å²) >= 11 is 0. The molecule has 0 saturated carbocycles. The minimum absolute atomic E-state index is 0.0464. The topological polar surface area (TPSA) is 26.3 Å². The summed E-state index contributed by atoms with van der Waals surface area (Å²) in [7, 11) is 0. The lowest BCUT2D eigenvalue weighted by Crippen LogP contribution is -2.02. The van der Waals surface area contributed by atoms with E-state index in [-0.39, 0.29) is 5.78 Å². The van der Waals surface area contributed by atoms with Crippen LogP contribution in [0.3, 0.4) is 0 Å². The zero-order chi connectivity index (χ0) is 16.8. The molecule has 0 spiro atoms. The van der Waals surface area contributed by atoms with E-state index in [1.165, 1.54) is 10.8 Å². The van der Waals surface area contributed by atoms with Crippen molar-refractivity contribution in [3.63, 3.8) is 0 Å². The van der Waals surface area contributed by atoms with Gasteiger partial charge in [-0.25, -0.2) is 0 Å². The van der Waals surface area contributed by atoms with Gasteiger partial charge in [-0.2, -0.15) is 0 Å². The van der Waals surface area contributed by atoms with Crippen LogP contribution in [-0.4, -0.2) is 12.4 Å². The lowest BCUT2D eigenvalue weighted by Gasteiger charge is -2.08. The van der Waals surface area contributed by atoms with Gasteiger partial charge < -0.3 is 4.74 Å². The summed E-state index contributed by atoms with van der Waals surface area (Å²) in [6, 6.07) is 21.7. The van der Waals surface area contributed by atoms with Crippen LogP contribution in [0.1, 0.15) is 29.3 Å². The van der Waals surface area contributed by atoms with Gasteiger partial charge in [-0.15, -0.1) is 0 Å². The van der Waals surface area contributed by atoms with Crippen LogP contribution in [0, 0.1) is 0 Å². The van der Waals surface area contributed by atoms with E-state index in [1.807, 2.05) is 49.4 Å². The number of benzene rings is 3. The van der Waals surface area contributed by atoms with Crippen LogP contribution < -0.4 is 4.74 Å². The number of allylic oxidation sites excluding steroid dienone is 1. The van der Waals surface area contributed by atoms with Crippen molar-refractivity contribution in [2.75, 3.05) is 6.61 Å². The van der Waals surface area contributed by atoms with Gasteiger partial charge in [0.05, 0.1) is 12.2 Å². The number of hydrogen-bond donors (Lipinski definition) is 0. The fourth-order valence-electron chi connectivity index (χ4n) is 2.58. The van der Waals surface area contributed by atoms with Gasteiger partial charge in [-0.3, -0.25) is 4.79 Å². The first-order valence-electron chi connectivity index (χ1n) is 8.21. The van der Waals surface area contributed by atoms with E-state index in [1.54, 1.807) is 12.1 Å². The number of carbonyl (C=O) groups excluding carboxylic acids is 1. The third-order valence-corrected chi connectivity index (χ3v) is 3.81. The number of hydrogen-bond acceptors (Lipinski definition) is 2. The van der Waals surface area contributed by atoms with Gasteiger partial charge in [0.25, 0.3) is 0 Å². The predicted molar refractivity (Wildman–Crippen MR) is 99.5 cm³/mol. The molecule has 0 saturated heterocycles. The summed E-state index contributed by atoms with van der Waals surface area (Å²) < 4.78 is 5.66. The van der Waals surface area contributed by atoms with Crippen LogP contribution in [0.15, 0.2) is 72.8 Å². The van der Waals surface area contributed by atoms with Crippen molar-refractivity contribution in [2.24, 2.45) is 0 Å². The third kappa shape index (κ3) is 3.72.